The van der Waals surface area contributed by atoms with E-state index < -0.39 is 35.6 Å². The zero-order chi connectivity index (χ0) is 29.0. The number of carboxylic acids is 1. The highest BCUT2D eigenvalue weighted by Crippen LogP contribution is 2.44. The monoisotopic (exact) mass is 549 g/mol. The molecule has 9 nitrogen and oxygen atoms in total. The Kier molecular flexibility index (Phi) is 8.81. The van der Waals surface area contributed by atoms with Crippen LogP contribution in [-0.2, 0) is 19.1 Å². The van der Waals surface area contributed by atoms with Gasteiger partial charge in [-0.05, 0) is 47.9 Å². The molecule has 0 radical (unpaired) electrons. The minimum atomic E-state index is -1.17. The van der Waals surface area contributed by atoms with Crippen molar-refractivity contribution in [1.82, 2.24) is 15.5 Å². The Balaban J connectivity index is 1.46. The van der Waals surface area contributed by atoms with Gasteiger partial charge in [-0.25, -0.2) is 4.79 Å². The lowest BCUT2D eigenvalue weighted by atomic mass is 9.92. The topological polar surface area (TPSA) is 125 Å². The van der Waals surface area contributed by atoms with E-state index in [-0.39, 0.29) is 30.8 Å². The summed E-state index contributed by atoms with van der Waals surface area (Å²) in [5, 5.41) is 14.6. The molecule has 2 atom stereocenters. The number of ether oxygens (including phenoxy) is 1. The third-order valence-corrected chi connectivity index (χ3v) is 8.06. The van der Waals surface area contributed by atoms with Gasteiger partial charge in [0.15, 0.2) is 0 Å². The van der Waals surface area contributed by atoms with Crippen LogP contribution in [0.1, 0.15) is 69.9 Å². The highest BCUT2D eigenvalue weighted by Gasteiger charge is 2.47. The Bertz CT molecular complexity index is 1220. The van der Waals surface area contributed by atoms with E-state index in [1.54, 1.807) is 14.0 Å². The van der Waals surface area contributed by atoms with Crippen molar-refractivity contribution in [3.63, 3.8) is 0 Å². The predicted molar refractivity (Wildman–Crippen MR) is 151 cm³/mol. The summed E-state index contributed by atoms with van der Waals surface area (Å²) in [4.78, 5) is 52.6. The molecule has 1 saturated carbocycles. The van der Waals surface area contributed by atoms with Gasteiger partial charge in [0, 0.05) is 19.0 Å². The Morgan fingerprint density at radius 3 is 2.05 bits per heavy atom. The fraction of sp³-hybridized carbons (Fsp3) is 0.484. The van der Waals surface area contributed by atoms with Crippen molar-refractivity contribution in [3.8, 4) is 11.1 Å². The summed E-state index contributed by atoms with van der Waals surface area (Å²) in [7, 11) is 1.56. The molecule has 0 spiro atoms. The van der Waals surface area contributed by atoms with Gasteiger partial charge in [-0.15, -0.1) is 0 Å². The van der Waals surface area contributed by atoms with Crippen LogP contribution < -0.4 is 10.6 Å². The smallest absolute Gasteiger partial charge is 0.408 e. The first kappa shape index (κ1) is 29.1. The first-order chi connectivity index (χ1) is 19.0. The summed E-state index contributed by atoms with van der Waals surface area (Å²) < 4.78 is 5.75. The molecule has 3 N–H and O–H groups in total. The average molecular weight is 550 g/mol. The van der Waals surface area contributed by atoms with E-state index in [1.807, 2.05) is 50.2 Å². The van der Waals surface area contributed by atoms with Crippen molar-refractivity contribution < 1.29 is 29.0 Å². The van der Waals surface area contributed by atoms with Crippen LogP contribution in [0.4, 0.5) is 4.79 Å². The Hall–Kier alpha value is -3.88. The standard InChI is InChI=1S/C31H39N3O6/c1-19(2)27(28(37)32-20(3)17-26(35)36)34(4)29(38)31(15-9-10-16-31)33-30(39)40-18-25-23-13-7-5-11-21(23)22-12-6-8-14-24(22)25/h5-8,11-14,19-20,25,27H,9-10,15-18H2,1-4H3,(H,32,37)(H,33,39)(H,35,36)/t20-,27+/m1/s1. The number of carboxylic acid groups (broad SMARTS) is 1. The molecule has 0 bridgehead atoms. The first-order valence-corrected chi connectivity index (χ1v) is 14.0. The maximum atomic E-state index is 13.9. The molecule has 0 aliphatic heterocycles. The largest absolute Gasteiger partial charge is 0.481 e. The van der Waals surface area contributed by atoms with Crippen LogP contribution in [0.25, 0.3) is 11.1 Å². The number of hydrogen-bond acceptors (Lipinski definition) is 5. The second kappa shape index (κ2) is 12.1. The molecule has 9 heteroatoms. The third kappa shape index (κ3) is 5.98. The zero-order valence-corrected chi connectivity index (χ0v) is 23.6. The average Bonchev–Trinajstić information content (AvgIpc) is 3.49. The summed E-state index contributed by atoms with van der Waals surface area (Å²) in [6, 6.07) is 14.8. The van der Waals surface area contributed by atoms with E-state index >= 15 is 0 Å². The number of likely N-dealkylation sites (N-methyl/N-ethyl adjacent to an activating group) is 1. The van der Waals surface area contributed by atoms with Gasteiger partial charge in [-0.1, -0.05) is 75.2 Å². The molecular formula is C31H39N3O6. The number of nitrogens with one attached hydrogen (secondary N) is 2. The van der Waals surface area contributed by atoms with Gasteiger partial charge in [0.05, 0.1) is 6.42 Å². The molecule has 0 saturated heterocycles. The molecule has 0 aromatic heterocycles. The molecule has 2 aromatic rings. The highest BCUT2D eigenvalue weighted by atomic mass is 16.5. The normalized spacial score (nSPS) is 16.9. The second-order valence-corrected chi connectivity index (χ2v) is 11.4. The lowest BCUT2D eigenvalue weighted by Crippen LogP contribution is -2.62. The maximum absolute atomic E-state index is 13.9. The minimum absolute atomic E-state index is 0.0992. The summed E-state index contributed by atoms with van der Waals surface area (Å²) in [6.45, 7) is 5.41. The quantitative estimate of drug-likeness (QED) is 0.406. The molecule has 40 heavy (non-hydrogen) atoms. The SMILES string of the molecule is CC(C)[C@@H](C(=O)N[C@H](C)CC(=O)O)N(C)C(=O)C1(NC(=O)OCC2c3ccccc3-c3ccccc32)CCCC1. The molecule has 3 amide bonds. The first-order valence-electron chi connectivity index (χ1n) is 14.0. The van der Waals surface area contributed by atoms with Crippen molar-refractivity contribution in [2.45, 2.75) is 76.4 Å². The summed E-state index contributed by atoms with van der Waals surface area (Å²) in [6.07, 6.45) is 1.53. The number of benzene rings is 2. The number of fused-ring (bicyclic) bond motifs is 3. The van der Waals surface area contributed by atoms with E-state index in [0.717, 1.165) is 35.1 Å². The van der Waals surface area contributed by atoms with E-state index in [9.17, 15) is 19.2 Å². The van der Waals surface area contributed by atoms with Crippen LogP contribution in [-0.4, -0.2) is 65.2 Å². The Morgan fingerprint density at radius 2 is 1.52 bits per heavy atom. The second-order valence-electron chi connectivity index (χ2n) is 11.4. The van der Waals surface area contributed by atoms with Crippen LogP contribution in [0, 0.1) is 5.92 Å². The molecule has 1 fully saturated rings. The number of alkyl carbamates (subject to hydrolysis) is 1. The molecule has 0 unspecified atom stereocenters. The van der Waals surface area contributed by atoms with E-state index in [2.05, 4.69) is 22.8 Å². The molecule has 4 rings (SSSR count). The number of rotatable bonds is 10. The molecule has 2 aromatic carbocycles. The fourth-order valence-electron chi connectivity index (χ4n) is 6.23. The number of amides is 3. The van der Waals surface area contributed by atoms with Gasteiger partial charge in [0.25, 0.3) is 0 Å². The van der Waals surface area contributed by atoms with E-state index in [0.29, 0.717) is 12.8 Å². The Labute approximate surface area is 235 Å². The summed E-state index contributed by atoms with van der Waals surface area (Å²) in [5.41, 5.74) is 3.30. The molecule has 0 heterocycles. The van der Waals surface area contributed by atoms with Gasteiger partial charge in [0.2, 0.25) is 11.8 Å². The zero-order valence-electron chi connectivity index (χ0n) is 23.6. The lowest BCUT2D eigenvalue weighted by Gasteiger charge is -2.38. The van der Waals surface area contributed by atoms with Crippen LogP contribution in [0.3, 0.4) is 0 Å². The third-order valence-electron chi connectivity index (χ3n) is 8.06. The number of aliphatic carboxylic acids is 1. The fourth-order valence-corrected chi connectivity index (χ4v) is 6.23. The van der Waals surface area contributed by atoms with Crippen molar-refractivity contribution in [3.05, 3.63) is 59.7 Å². The number of hydrogen-bond donors (Lipinski definition) is 3. The number of nitrogens with zero attached hydrogens (tertiary/aromatic N) is 1. The van der Waals surface area contributed by atoms with Crippen molar-refractivity contribution >= 4 is 23.9 Å². The number of carbonyl (C=O) groups is 4. The van der Waals surface area contributed by atoms with Crippen molar-refractivity contribution in [2.75, 3.05) is 13.7 Å². The van der Waals surface area contributed by atoms with Gasteiger partial charge in [0.1, 0.15) is 18.2 Å². The summed E-state index contributed by atoms with van der Waals surface area (Å²) >= 11 is 0. The maximum Gasteiger partial charge on any atom is 0.408 e. The van der Waals surface area contributed by atoms with E-state index in [1.165, 1.54) is 4.90 Å². The van der Waals surface area contributed by atoms with Crippen LogP contribution in [0.2, 0.25) is 0 Å². The van der Waals surface area contributed by atoms with Crippen LogP contribution in [0.15, 0.2) is 48.5 Å². The van der Waals surface area contributed by atoms with E-state index in [4.69, 9.17) is 9.84 Å². The van der Waals surface area contributed by atoms with Crippen LogP contribution >= 0.6 is 0 Å². The molecule has 2 aliphatic rings. The molecule has 2 aliphatic carbocycles. The molecular weight excluding hydrogens is 510 g/mol. The van der Waals surface area contributed by atoms with Crippen LogP contribution in [0.5, 0.6) is 0 Å². The highest BCUT2D eigenvalue weighted by molar-refractivity contribution is 5.94. The summed E-state index contributed by atoms with van der Waals surface area (Å²) in [5.74, 6) is -2.13. The Morgan fingerprint density at radius 1 is 0.975 bits per heavy atom. The number of carbonyl (C=O) groups excluding carboxylic acids is 3. The van der Waals surface area contributed by atoms with Gasteiger partial charge >= 0.3 is 12.1 Å². The van der Waals surface area contributed by atoms with Gasteiger partial charge in [-0.3, -0.25) is 14.4 Å². The van der Waals surface area contributed by atoms with Crippen molar-refractivity contribution in [2.24, 2.45) is 5.92 Å². The van der Waals surface area contributed by atoms with Crippen molar-refractivity contribution in [1.29, 1.82) is 0 Å². The lowest BCUT2D eigenvalue weighted by molar-refractivity contribution is -0.146. The minimum Gasteiger partial charge on any atom is -0.481 e. The van der Waals surface area contributed by atoms with Gasteiger partial charge in [-0.2, -0.15) is 0 Å². The molecule has 214 valence electrons. The van der Waals surface area contributed by atoms with Gasteiger partial charge < -0.3 is 25.4 Å². The predicted octanol–water partition coefficient (Wildman–Crippen LogP) is 4.30.